The Hall–Kier alpha value is -1.83. The molecule has 1 aromatic rings. The number of nitrogens with zero attached hydrogens (tertiary/aromatic N) is 2. The van der Waals surface area contributed by atoms with Gasteiger partial charge in [0.05, 0.1) is 10.5 Å². The van der Waals surface area contributed by atoms with Crippen molar-refractivity contribution in [2.75, 3.05) is 18.0 Å². The molecule has 2 N–H and O–H groups in total. The minimum atomic E-state index is -4.64. The zero-order chi connectivity index (χ0) is 15.8. The fourth-order valence-electron chi connectivity index (χ4n) is 2.76. The van der Waals surface area contributed by atoms with Gasteiger partial charge in [-0.15, -0.1) is 0 Å². The van der Waals surface area contributed by atoms with Crippen LogP contribution in [0.2, 0.25) is 0 Å². The number of non-ortho nitro benzene ring substituents is 1. The van der Waals surface area contributed by atoms with E-state index in [0.29, 0.717) is 25.6 Å². The van der Waals surface area contributed by atoms with E-state index in [1.165, 1.54) is 6.07 Å². The molecule has 0 radical (unpaired) electrons. The Balaban J connectivity index is 2.46. The largest absolute Gasteiger partial charge is 0.418 e. The Labute approximate surface area is 119 Å². The van der Waals surface area contributed by atoms with Crippen molar-refractivity contribution in [1.29, 1.82) is 0 Å². The Kier molecular flexibility index (Phi) is 4.08. The molecule has 5 nitrogen and oxygen atoms in total. The Morgan fingerprint density at radius 1 is 1.48 bits per heavy atom. The van der Waals surface area contributed by atoms with E-state index in [-0.39, 0.29) is 17.6 Å². The van der Waals surface area contributed by atoms with Crippen molar-refractivity contribution in [3.05, 3.63) is 33.9 Å². The Morgan fingerprint density at radius 2 is 2.14 bits per heavy atom. The van der Waals surface area contributed by atoms with Gasteiger partial charge in [0.15, 0.2) is 0 Å². The van der Waals surface area contributed by atoms with Gasteiger partial charge in [0, 0.05) is 30.4 Å². The number of hydrogen-bond donors (Lipinski definition) is 1. The minimum absolute atomic E-state index is 0.0171. The van der Waals surface area contributed by atoms with Gasteiger partial charge in [0.25, 0.3) is 5.69 Å². The van der Waals surface area contributed by atoms with Crippen LogP contribution in [-0.4, -0.2) is 24.1 Å². The lowest BCUT2D eigenvalue weighted by Crippen LogP contribution is -2.29. The number of hydrogen-bond acceptors (Lipinski definition) is 4. The molecule has 0 aliphatic carbocycles. The molecule has 21 heavy (non-hydrogen) atoms. The predicted octanol–water partition coefficient (Wildman–Crippen LogP) is 2.79. The second-order valence-electron chi connectivity index (χ2n) is 5.30. The highest BCUT2D eigenvalue weighted by molar-refractivity contribution is 5.60. The van der Waals surface area contributed by atoms with Crippen molar-refractivity contribution >= 4 is 11.4 Å². The molecule has 1 fully saturated rings. The third kappa shape index (κ3) is 3.10. The van der Waals surface area contributed by atoms with E-state index in [1.54, 1.807) is 4.90 Å². The molecular weight excluding hydrogens is 287 g/mol. The maximum absolute atomic E-state index is 13.2. The number of alkyl halides is 3. The summed E-state index contributed by atoms with van der Waals surface area (Å²) < 4.78 is 39.5. The van der Waals surface area contributed by atoms with Crippen molar-refractivity contribution in [3.63, 3.8) is 0 Å². The molecule has 1 aromatic carbocycles. The first-order valence-electron chi connectivity index (χ1n) is 6.56. The minimum Gasteiger partial charge on any atom is -0.368 e. The van der Waals surface area contributed by atoms with E-state index in [0.717, 1.165) is 6.07 Å². The van der Waals surface area contributed by atoms with Crippen LogP contribution < -0.4 is 10.6 Å². The van der Waals surface area contributed by atoms with Crippen molar-refractivity contribution in [2.24, 2.45) is 11.7 Å². The molecule has 116 valence electrons. The normalized spacial score (nSPS) is 22.6. The van der Waals surface area contributed by atoms with Crippen LogP contribution in [-0.2, 0) is 6.18 Å². The fraction of sp³-hybridized carbons (Fsp3) is 0.538. The van der Waals surface area contributed by atoms with Crippen molar-refractivity contribution < 1.29 is 18.1 Å². The van der Waals surface area contributed by atoms with Crippen LogP contribution in [0.3, 0.4) is 0 Å². The lowest BCUT2D eigenvalue weighted by molar-refractivity contribution is -0.385. The summed E-state index contributed by atoms with van der Waals surface area (Å²) in [5.41, 5.74) is 4.04. The first kappa shape index (κ1) is 15.6. The second kappa shape index (κ2) is 5.51. The van der Waals surface area contributed by atoms with Gasteiger partial charge in [-0.2, -0.15) is 13.2 Å². The molecule has 8 heteroatoms. The molecular formula is C13H16F3N3O2. The van der Waals surface area contributed by atoms with E-state index < -0.39 is 22.4 Å². The third-order valence-corrected chi connectivity index (χ3v) is 3.80. The average Bonchev–Trinajstić information content (AvgIpc) is 2.78. The van der Waals surface area contributed by atoms with Gasteiger partial charge >= 0.3 is 6.18 Å². The summed E-state index contributed by atoms with van der Waals surface area (Å²) in [7, 11) is 0. The summed E-state index contributed by atoms with van der Waals surface area (Å²) in [4.78, 5) is 11.5. The van der Waals surface area contributed by atoms with E-state index in [9.17, 15) is 23.3 Å². The highest BCUT2D eigenvalue weighted by Gasteiger charge is 2.39. The van der Waals surface area contributed by atoms with Gasteiger partial charge < -0.3 is 10.6 Å². The highest BCUT2D eigenvalue weighted by atomic mass is 19.4. The molecule has 0 bridgehead atoms. The van der Waals surface area contributed by atoms with Crippen LogP contribution in [0.25, 0.3) is 0 Å². The molecule has 2 rings (SSSR count). The molecule has 1 saturated heterocycles. The number of benzene rings is 1. The van der Waals surface area contributed by atoms with E-state index in [2.05, 4.69) is 0 Å². The quantitative estimate of drug-likeness (QED) is 0.688. The molecule has 0 saturated carbocycles. The van der Waals surface area contributed by atoms with Gasteiger partial charge in [-0.05, 0) is 31.9 Å². The summed E-state index contributed by atoms with van der Waals surface area (Å²) in [6.45, 7) is 2.67. The maximum atomic E-state index is 13.2. The predicted molar refractivity (Wildman–Crippen MR) is 72.1 cm³/mol. The topological polar surface area (TPSA) is 72.4 Å². The number of halogens is 3. The molecule has 0 aromatic heterocycles. The highest BCUT2D eigenvalue weighted by Crippen LogP contribution is 2.41. The molecule has 1 aliphatic rings. The third-order valence-electron chi connectivity index (χ3n) is 3.80. The van der Waals surface area contributed by atoms with Crippen LogP contribution in [0, 0.1) is 16.0 Å². The van der Waals surface area contributed by atoms with E-state index in [1.807, 2.05) is 6.92 Å². The molecule has 2 unspecified atom stereocenters. The molecule has 1 aliphatic heterocycles. The summed E-state index contributed by atoms with van der Waals surface area (Å²) in [6, 6.07) is 2.79. The van der Waals surface area contributed by atoms with Gasteiger partial charge in [-0.25, -0.2) is 0 Å². The van der Waals surface area contributed by atoms with Crippen molar-refractivity contribution in [2.45, 2.75) is 25.6 Å². The standard InChI is InChI=1S/C13H16F3N3O2/c1-8-4-9(6-17)7-18(8)12-3-2-10(19(20)21)5-11(12)13(14,15)16/h2-3,5,8-9H,4,6-7,17H2,1H3. The zero-order valence-electron chi connectivity index (χ0n) is 11.4. The van der Waals surface area contributed by atoms with Gasteiger partial charge in [-0.3, -0.25) is 10.1 Å². The number of anilines is 1. The summed E-state index contributed by atoms with van der Waals surface area (Å²) in [5.74, 6) is 0.135. The Morgan fingerprint density at radius 3 is 2.62 bits per heavy atom. The van der Waals surface area contributed by atoms with Crippen LogP contribution in [0.15, 0.2) is 18.2 Å². The molecule has 1 heterocycles. The van der Waals surface area contributed by atoms with Crippen molar-refractivity contribution in [3.8, 4) is 0 Å². The van der Waals surface area contributed by atoms with Gasteiger partial charge in [0.2, 0.25) is 0 Å². The lowest BCUT2D eigenvalue weighted by Gasteiger charge is -2.27. The van der Waals surface area contributed by atoms with E-state index >= 15 is 0 Å². The maximum Gasteiger partial charge on any atom is 0.418 e. The van der Waals surface area contributed by atoms with Crippen LogP contribution in [0.1, 0.15) is 18.9 Å². The monoisotopic (exact) mass is 303 g/mol. The number of rotatable bonds is 3. The van der Waals surface area contributed by atoms with Crippen LogP contribution in [0.4, 0.5) is 24.5 Å². The zero-order valence-corrected chi connectivity index (χ0v) is 11.4. The van der Waals surface area contributed by atoms with Gasteiger partial charge in [0.1, 0.15) is 0 Å². The first-order chi connectivity index (χ1) is 9.74. The smallest absolute Gasteiger partial charge is 0.368 e. The van der Waals surface area contributed by atoms with Gasteiger partial charge in [-0.1, -0.05) is 0 Å². The SMILES string of the molecule is CC1CC(CN)CN1c1ccc([N+](=O)[O-])cc1C(F)(F)F. The number of nitro groups is 1. The molecule has 0 spiro atoms. The molecule has 2 atom stereocenters. The van der Waals surface area contributed by atoms with Crippen LogP contribution in [0.5, 0.6) is 0 Å². The average molecular weight is 303 g/mol. The first-order valence-corrected chi connectivity index (χ1v) is 6.56. The van der Waals surface area contributed by atoms with Crippen LogP contribution >= 0.6 is 0 Å². The summed E-state index contributed by atoms with van der Waals surface area (Å²) in [6.07, 6.45) is -3.92. The summed E-state index contributed by atoms with van der Waals surface area (Å²) >= 11 is 0. The summed E-state index contributed by atoms with van der Waals surface area (Å²) in [5, 5.41) is 10.7. The van der Waals surface area contributed by atoms with E-state index in [4.69, 9.17) is 5.73 Å². The fourth-order valence-corrected chi connectivity index (χ4v) is 2.76. The van der Waals surface area contributed by atoms with Crippen molar-refractivity contribution in [1.82, 2.24) is 0 Å². The number of nitrogens with two attached hydrogens (primary N) is 1. The molecule has 0 amide bonds. The number of nitro benzene ring substituents is 1. The second-order valence-corrected chi connectivity index (χ2v) is 5.30. The Bertz CT molecular complexity index is 548. The lowest BCUT2D eigenvalue weighted by atomic mass is 10.1.